The topological polar surface area (TPSA) is 66.4 Å². The molecule has 2 aromatic carbocycles. The van der Waals surface area contributed by atoms with Gasteiger partial charge in [-0.2, -0.15) is 0 Å². The number of aromatic hydroxyl groups is 1. The lowest BCUT2D eigenvalue weighted by Gasteiger charge is -2.41. The molecule has 2 aromatic rings. The molecule has 0 aromatic heterocycles. The zero-order valence-electron chi connectivity index (χ0n) is 18.9. The molecule has 0 aliphatic carbocycles. The largest absolute Gasteiger partial charge is 0.504 e. The fraction of sp³-hybridized carbons (Fsp3) is 0.462. The van der Waals surface area contributed by atoms with E-state index in [0.29, 0.717) is 18.1 Å². The molecule has 0 spiro atoms. The van der Waals surface area contributed by atoms with Gasteiger partial charge in [-0.15, -0.1) is 0 Å². The van der Waals surface area contributed by atoms with Crippen LogP contribution < -0.4 is 23.7 Å². The van der Waals surface area contributed by atoms with Gasteiger partial charge in [-0.25, -0.2) is 0 Å². The molecular weight excluding hydrogens is 408 g/mol. The molecule has 6 heteroatoms. The third kappa shape index (κ3) is 2.71. The molecule has 4 aliphatic heterocycles. The van der Waals surface area contributed by atoms with Gasteiger partial charge in [0, 0.05) is 22.8 Å². The Bertz CT molecular complexity index is 1160. The van der Waals surface area contributed by atoms with Gasteiger partial charge < -0.3 is 28.8 Å². The molecule has 168 valence electrons. The van der Waals surface area contributed by atoms with E-state index < -0.39 is 5.41 Å². The van der Waals surface area contributed by atoms with E-state index in [-0.39, 0.29) is 24.2 Å². The number of phenolic OH excluding ortho intramolecular Hbond substituents is 1. The van der Waals surface area contributed by atoms with Gasteiger partial charge in [0.05, 0.1) is 5.41 Å². The van der Waals surface area contributed by atoms with E-state index in [1.54, 1.807) is 6.07 Å². The lowest BCUT2D eigenvalue weighted by molar-refractivity contribution is 0.0604. The Hall–Kier alpha value is -3.02. The summed E-state index contributed by atoms with van der Waals surface area (Å²) < 4.78 is 30.5. The van der Waals surface area contributed by atoms with Crippen LogP contribution in [0.4, 0.5) is 0 Å². The van der Waals surface area contributed by atoms with Crippen LogP contribution in [0.2, 0.25) is 0 Å². The molecule has 32 heavy (non-hydrogen) atoms. The molecule has 1 N–H and O–H groups in total. The Morgan fingerprint density at radius 2 is 1.84 bits per heavy atom. The highest BCUT2D eigenvalue weighted by Crippen LogP contribution is 2.61. The highest BCUT2D eigenvalue weighted by molar-refractivity contribution is 5.65. The van der Waals surface area contributed by atoms with Crippen LogP contribution >= 0.6 is 0 Å². The molecule has 2 atom stereocenters. The van der Waals surface area contributed by atoms with E-state index in [1.807, 2.05) is 26.0 Å². The number of hydrogen-bond donors (Lipinski definition) is 1. The minimum absolute atomic E-state index is 0.141. The molecule has 0 radical (unpaired) electrons. The third-order valence-corrected chi connectivity index (χ3v) is 7.08. The van der Waals surface area contributed by atoms with Gasteiger partial charge in [0.2, 0.25) is 6.79 Å². The standard InChI is InChI=1S/C26H28O6/c1-14(2)5-8-26-12-28-22-15-6-7-25(3,4)32-23(15)18(27)9-16(22)24(26)31-19-11-21-20(10-17(19)26)29-13-30-21/h5,9-11,24,27H,6-8,12-13H2,1-4H3. The van der Waals surface area contributed by atoms with Crippen LogP contribution in [0.1, 0.15) is 63.3 Å². The molecule has 2 unspecified atom stereocenters. The van der Waals surface area contributed by atoms with E-state index in [0.717, 1.165) is 53.2 Å². The first-order chi connectivity index (χ1) is 15.3. The first-order valence-corrected chi connectivity index (χ1v) is 11.2. The number of rotatable bonds is 2. The first kappa shape index (κ1) is 19.6. The van der Waals surface area contributed by atoms with Crippen molar-refractivity contribution in [2.75, 3.05) is 13.4 Å². The molecule has 6 rings (SSSR count). The number of allylic oxidation sites excluding steroid dienone is 2. The summed E-state index contributed by atoms with van der Waals surface area (Å²) in [6.07, 6.45) is 4.35. The number of phenols is 1. The van der Waals surface area contributed by atoms with Crippen molar-refractivity contribution in [1.29, 1.82) is 0 Å². The summed E-state index contributed by atoms with van der Waals surface area (Å²) in [6.45, 7) is 8.97. The molecule has 0 fully saturated rings. The number of ether oxygens (including phenoxy) is 5. The average Bonchev–Trinajstić information content (AvgIpc) is 3.32. The van der Waals surface area contributed by atoms with Gasteiger partial charge >= 0.3 is 0 Å². The average molecular weight is 437 g/mol. The molecule has 0 bridgehead atoms. The van der Waals surface area contributed by atoms with Crippen molar-refractivity contribution >= 4 is 0 Å². The van der Waals surface area contributed by atoms with Gasteiger partial charge in [-0.1, -0.05) is 11.6 Å². The monoisotopic (exact) mass is 436 g/mol. The minimum Gasteiger partial charge on any atom is -0.504 e. The summed E-state index contributed by atoms with van der Waals surface area (Å²) in [4.78, 5) is 0. The molecule has 0 saturated carbocycles. The van der Waals surface area contributed by atoms with Gasteiger partial charge in [-0.05, 0) is 59.1 Å². The Labute approximate surface area is 187 Å². The van der Waals surface area contributed by atoms with E-state index in [2.05, 4.69) is 19.9 Å². The number of fused-ring (bicyclic) bond motifs is 8. The quantitative estimate of drug-likeness (QED) is 0.641. The Kier molecular flexibility index (Phi) is 3.99. The smallest absolute Gasteiger partial charge is 0.231 e. The van der Waals surface area contributed by atoms with Crippen LogP contribution in [0.15, 0.2) is 29.8 Å². The van der Waals surface area contributed by atoms with Gasteiger partial charge in [-0.3, -0.25) is 0 Å². The van der Waals surface area contributed by atoms with Gasteiger partial charge in [0.25, 0.3) is 0 Å². The van der Waals surface area contributed by atoms with Crippen LogP contribution in [-0.4, -0.2) is 24.1 Å². The van der Waals surface area contributed by atoms with Crippen molar-refractivity contribution in [3.8, 4) is 34.5 Å². The van der Waals surface area contributed by atoms with Crippen LogP contribution in [0, 0.1) is 0 Å². The molecular formula is C26H28O6. The predicted molar refractivity (Wildman–Crippen MR) is 118 cm³/mol. The van der Waals surface area contributed by atoms with E-state index in [1.165, 1.54) is 5.57 Å². The normalized spacial score (nSPS) is 25.3. The Morgan fingerprint density at radius 3 is 2.62 bits per heavy atom. The summed E-state index contributed by atoms with van der Waals surface area (Å²) in [6, 6.07) is 5.72. The molecule has 0 saturated heterocycles. The zero-order chi connectivity index (χ0) is 22.3. The fourth-order valence-electron chi connectivity index (χ4n) is 5.34. The molecule has 6 nitrogen and oxygen atoms in total. The van der Waals surface area contributed by atoms with Crippen LogP contribution in [-0.2, 0) is 11.8 Å². The molecule has 4 heterocycles. The number of benzene rings is 2. The fourth-order valence-corrected chi connectivity index (χ4v) is 5.34. The van der Waals surface area contributed by atoms with E-state index in [4.69, 9.17) is 23.7 Å². The predicted octanol–water partition coefficient (Wildman–Crippen LogP) is 5.34. The summed E-state index contributed by atoms with van der Waals surface area (Å²) in [7, 11) is 0. The van der Waals surface area contributed by atoms with E-state index in [9.17, 15) is 5.11 Å². The SMILES string of the molecule is CC(C)=CCC12COc3c(cc(O)c4c3CCC(C)(C)O4)C1Oc1cc3c(cc12)OCO3. The van der Waals surface area contributed by atoms with Gasteiger partial charge in [0.15, 0.2) is 23.0 Å². The lowest BCUT2D eigenvalue weighted by Crippen LogP contribution is -2.42. The zero-order valence-corrected chi connectivity index (χ0v) is 18.9. The van der Waals surface area contributed by atoms with Gasteiger partial charge in [0.1, 0.15) is 29.8 Å². The highest BCUT2D eigenvalue weighted by Gasteiger charge is 2.55. The maximum absolute atomic E-state index is 10.9. The summed E-state index contributed by atoms with van der Waals surface area (Å²) in [5, 5.41) is 10.9. The van der Waals surface area contributed by atoms with Crippen molar-refractivity contribution in [3.63, 3.8) is 0 Å². The first-order valence-electron chi connectivity index (χ1n) is 11.2. The van der Waals surface area contributed by atoms with Crippen molar-refractivity contribution in [2.24, 2.45) is 0 Å². The second kappa shape index (κ2) is 6.50. The maximum atomic E-state index is 10.9. The van der Waals surface area contributed by atoms with E-state index >= 15 is 0 Å². The number of hydrogen-bond acceptors (Lipinski definition) is 6. The lowest BCUT2D eigenvalue weighted by atomic mass is 9.70. The van der Waals surface area contributed by atoms with Crippen molar-refractivity contribution in [3.05, 3.63) is 46.5 Å². The Balaban J connectivity index is 1.51. The maximum Gasteiger partial charge on any atom is 0.231 e. The second-order valence-electron chi connectivity index (χ2n) is 10.1. The second-order valence-corrected chi connectivity index (χ2v) is 10.1. The van der Waals surface area contributed by atoms with Crippen molar-refractivity contribution < 1.29 is 28.8 Å². The highest BCUT2D eigenvalue weighted by atomic mass is 16.7. The van der Waals surface area contributed by atoms with Crippen molar-refractivity contribution in [2.45, 2.75) is 64.1 Å². The van der Waals surface area contributed by atoms with Crippen LogP contribution in [0.5, 0.6) is 34.5 Å². The summed E-state index contributed by atoms with van der Waals surface area (Å²) in [5.41, 5.74) is 3.36. The summed E-state index contributed by atoms with van der Waals surface area (Å²) in [5.74, 6) is 3.69. The van der Waals surface area contributed by atoms with Crippen LogP contribution in [0.25, 0.3) is 0 Å². The third-order valence-electron chi connectivity index (χ3n) is 7.08. The minimum atomic E-state index is -0.421. The Morgan fingerprint density at radius 1 is 1.06 bits per heavy atom. The van der Waals surface area contributed by atoms with Crippen molar-refractivity contribution in [1.82, 2.24) is 0 Å². The summed E-state index contributed by atoms with van der Waals surface area (Å²) >= 11 is 0. The van der Waals surface area contributed by atoms with Crippen LogP contribution in [0.3, 0.4) is 0 Å². The molecule has 0 amide bonds. The molecule has 4 aliphatic rings.